The largest absolute Gasteiger partial charge is 0.381 e. The minimum Gasteiger partial charge on any atom is -0.381 e. The Morgan fingerprint density at radius 2 is 2.17 bits per heavy atom. The molecule has 1 aromatic heterocycles. The van der Waals surface area contributed by atoms with Crippen molar-refractivity contribution in [3.05, 3.63) is 12.2 Å². The molecule has 2 heterocycles. The van der Waals surface area contributed by atoms with Gasteiger partial charge in [-0.05, 0) is 24.2 Å². The van der Waals surface area contributed by atoms with Crippen LogP contribution in [0.2, 0.25) is 0 Å². The maximum Gasteiger partial charge on any atom is 0.138 e. The topological polar surface area (TPSA) is 39.9 Å². The van der Waals surface area contributed by atoms with E-state index in [9.17, 15) is 0 Å². The maximum absolute atomic E-state index is 6.20. The van der Waals surface area contributed by atoms with Crippen LogP contribution in [0.5, 0.6) is 0 Å². The molecule has 1 fully saturated rings. The highest BCUT2D eigenvalue weighted by Gasteiger charge is 2.33. The normalized spacial score (nSPS) is 19.3. The first kappa shape index (κ1) is 13.8. The number of halogens is 1. The molecule has 0 radical (unpaired) electrons. The fraction of sp³-hybridized carbons (Fsp3) is 0.846. The summed E-state index contributed by atoms with van der Waals surface area (Å²) in [5.41, 5.74) is 0.140. The zero-order chi connectivity index (χ0) is 13.0. The molecular formula is C13H22ClN3O. The Bertz CT molecular complexity index is 372. The summed E-state index contributed by atoms with van der Waals surface area (Å²) in [7, 11) is 0. The average molecular weight is 272 g/mol. The van der Waals surface area contributed by atoms with Crippen molar-refractivity contribution >= 4 is 11.6 Å². The van der Waals surface area contributed by atoms with Crippen molar-refractivity contribution in [3.63, 3.8) is 0 Å². The number of ether oxygens (including phenoxy) is 1. The van der Waals surface area contributed by atoms with E-state index in [1.54, 1.807) is 6.33 Å². The van der Waals surface area contributed by atoms with E-state index in [1.165, 1.54) is 0 Å². The van der Waals surface area contributed by atoms with Gasteiger partial charge < -0.3 is 4.74 Å². The molecule has 0 unspecified atom stereocenters. The summed E-state index contributed by atoms with van der Waals surface area (Å²) in [4.78, 5) is 4.41. The maximum atomic E-state index is 6.20. The number of hydrogen-bond acceptors (Lipinski definition) is 3. The number of aromatic nitrogens is 3. The summed E-state index contributed by atoms with van der Waals surface area (Å²) >= 11 is 6.20. The molecule has 1 aliphatic heterocycles. The van der Waals surface area contributed by atoms with Crippen molar-refractivity contribution < 1.29 is 4.74 Å². The van der Waals surface area contributed by atoms with E-state index in [4.69, 9.17) is 16.3 Å². The second-order valence-electron chi connectivity index (χ2n) is 5.68. The molecule has 2 rings (SSSR count). The van der Waals surface area contributed by atoms with Crippen molar-refractivity contribution in [2.24, 2.45) is 11.3 Å². The molecule has 0 N–H and O–H groups in total. The third kappa shape index (κ3) is 3.23. The molecule has 5 heteroatoms. The lowest BCUT2D eigenvalue weighted by Crippen LogP contribution is -2.34. The summed E-state index contributed by atoms with van der Waals surface area (Å²) in [5.74, 6) is 2.31. The van der Waals surface area contributed by atoms with Crippen molar-refractivity contribution in [2.45, 2.75) is 39.7 Å². The second-order valence-corrected chi connectivity index (χ2v) is 5.94. The first-order valence-corrected chi connectivity index (χ1v) is 7.19. The quantitative estimate of drug-likeness (QED) is 0.773. The van der Waals surface area contributed by atoms with E-state index >= 15 is 0 Å². The van der Waals surface area contributed by atoms with E-state index in [0.717, 1.165) is 44.8 Å². The van der Waals surface area contributed by atoms with Crippen LogP contribution in [0.15, 0.2) is 6.33 Å². The summed E-state index contributed by atoms with van der Waals surface area (Å²) in [5, 5.41) is 4.32. The van der Waals surface area contributed by atoms with Crippen LogP contribution in [0, 0.1) is 11.3 Å². The standard InChI is InChI=1S/C13H22ClN3O/c1-11(2)8-17-12(15-10-16-17)7-13(9-14)3-5-18-6-4-13/h10-11H,3-9H2,1-2H3. The van der Waals surface area contributed by atoms with Gasteiger partial charge in [-0.1, -0.05) is 13.8 Å². The molecule has 1 aliphatic rings. The number of hydrogen-bond donors (Lipinski definition) is 0. The van der Waals surface area contributed by atoms with Crippen LogP contribution in [0.4, 0.5) is 0 Å². The average Bonchev–Trinajstić information content (AvgIpc) is 2.77. The fourth-order valence-corrected chi connectivity index (χ4v) is 2.78. The van der Waals surface area contributed by atoms with Crippen LogP contribution in [-0.2, 0) is 17.7 Å². The molecule has 0 aromatic carbocycles. The Morgan fingerprint density at radius 1 is 1.44 bits per heavy atom. The second kappa shape index (κ2) is 6.02. The van der Waals surface area contributed by atoms with E-state index in [1.807, 2.05) is 4.68 Å². The molecule has 4 nitrogen and oxygen atoms in total. The highest BCUT2D eigenvalue weighted by atomic mass is 35.5. The molecule has 1 saturated heterocycles. The molecule has 102 valence electrons. The van der Waals surface area contributed by atoms with Crippen molar-refractivity contribution in [1.82, 2.24) is 14.8 Å². The minimum atomic E-state index is 0.140. The summed E-state index contributed by atoms with van der Waals surface area (Å²) in [6, 6.07) is 0. The molecule has 18 heavy (non-hydrogen) atoms. The fourth-order valence-electron chi connectivity index (χ4n) is 2.42. The van der Waals surface area contributed by atoms with E-state index < -0.39 is 0 Å². The highest BCUT2D eigenvalue weighted by molar-refractivity contribution is 6.18. The molecule has 0 amide bonds. The first-order valence-electron chi connectivity index (χ1n) is 6.66. The number of nitrogens with zero attached hydrogens (tertiary/aromatic N) is 3. The molecule has 1 aromatic rings. The predicted molar refractivity (Wildman–Crippen MR) is 71.8 cm³/mol. The molecule has 0 spiro atoms. The van der Waals surface area contributed by atoms with Gasteiger partial charge >= 0.3 is 0 Å². The van der Waals surface area contributed by atoms with Gasteiger partial charge in [-0.15, -0.1) is 11.6 Å². The van der Waals surface area contributed by atoms with Gasteiger partial charge in [0.1, 0.15) is 12.2 Å². The van der Waals surface area contributed by atoms with Crippen LogP contribution < -0.4 is 0 Å². The van der Waals surface area contributed by atoms with E-state index in [0.29, 0.717) is 11.8 Å². The zero-order valence-electron chi connectivity index (χ0n) is 11.2. The van der Waals surface area contributed by atoms with Crippen molar-refractivity contribution in [2.75, 3.05) is 19.1 Å². The molecule has 0 bridgehead atoms. The van der Waals surface area contributed by atoms with Gasteiger partial charge in [0.05, 0.1) is 0 Å². The van der Waals surface area contributed by atoms with Crippen molar-refractivity contribution in [3.8, 4) is 0 Å². The molecule has 0 atom stereocenters. The molecular weight excluding hydrogens is 250 g/mol. The Hall–Kier alpha value is -0.610. The van der Waals surface area contributed by atoms with Gasteiger partial charge in [0.25, 0.3) is 0 Å². The molecule has 0 saturated carbocycles. The van der Waals surface area contributed by atoms with Gasteiger partial charge in [0, 0.05) is 32.1 Å². The zero-order valence-corrected chi connectivity index (χ0v) is 12.0. The van der Waals surface area contributed by atoms with Crippen LogP contribution >= 0.6 is 11.6 Å². The van der Waals surface area contributed by atoms with Crippen LogP contribution in [0.25, 0.3) is 0 Å². The Morgan fingerprint density at radius 3 is 2.78 bits per heavy atom. The third-order valence-electron chi connectivity index (χ3n) is 3.60. The Balaban J connectivity index is 2.09. The SMILES string of the molecule is CC(C)Cn1ncnc1CC1(CCl)CCOCC1. The van der Waals surface area contributed by atoms with Crippen LogP contribution in [-0.4, -0.2) is 33.9 Å². The lowest BCUT2D eigenvalue weighted by Gasteiger charge is -2.35. The van der Waals surface area contributed by atoms with Gasteiger partial charge in [0.2, 0.25) is 0 Å². The Kier molecular flexibility index (Phi) is 4.62. The summed E-state index contributed by atoms with van der Waals surface area (Å²) in [6.07, 6.45) is 4.60. The van der Waals surface area contributed by atoms with Crippen LogP contribution in [0.1, 0.15) is 32.5 Å². The first-order chi connectivity index (χ1) is 8.65. The predicted octanol–water partition coefficient (Wildman–Crippen LogP) is 2.51. The van der Waals surface area contributed by atoms with Gasteiger partial charge in [0.15, 0.2) is 0 Å². The monoisotopic (exact) mass is 271 g/mol. The highest BCUT2D eigenvalue weighted by Crippen LogP contribution is 2.35. The smallest absolute Gasteiger partial charge is 0.138 e. The van der Waals surface area contributed by atoms with Gasteiger partial charge in [-0.2, -0.15) is 5.10 Å². The Labute approximate surface area is 114 Å². The van der Waals surface area contributed by atoms with E-state index in [-0.39, 0.29) is 5.41 Å². The number of rotatable bonds is 5. The lowest BCUT2D eigenvalue weighted by molar-refractivity contribution is 0.0243. The van der Waals surface area contributed by atoms with Crippen LogP contribution in [0.3, 0.4) is 0 Å². The number of alkyl halides is 1. The van der Waals surface area contributed by atoms with Gasteiger partial charge in [-0.3, -0.25) is 0 Å². The molecule has 0 aliphatic carbocycles. The third-order valence-corrected chi connectivity index (χ3v) is 4.17. The minimum absolute atomic E-state index is 0.140. The van der Waals surface area contributed by atoms with E-state index in [2.05, 4.69) is 23.9 Å². The van der Waals surface area contributed by atoms with Crippen molar-refractivity contribution in [1.29, 1.82) is 0 Å². The summed E-state index contributed by atoms with van der Waals surface area (Å²) < 4.78 is 7.46. The van der Waals surface area contributed by atoms with Gasteiger partial charge in [-0.25, -0.2) is 9.67 Å². The lowest BCUT2D eigenvalue weighted by atomic mass is 9.79. The summed E-state index contributed by atoms with van der Waals surface area (Å²) in [6.45, 7) is 6.93.